The summed E-state index contributed by atoms with van der Waals surface area (Å²) >= 11 is 0. The van der Waals surface area contributed by atoms with Crippen LogP contribution < -0.4 is 10.5 Å². The van der Waals surface area contributed by atoms with Gasteiger partial charge in [0, 0.05) is 12.6 Å². The standard InChI is InChI=1S/C12H27BN2/c1-11(2,3)7-10-8-14-13(15-10)9-12(4,5)6/h10,14-15H,7-9H2,1-6H3. The van der Waals surface area contributed by atoms with Gasteiger partial charge in [-0.1, -0.05) is 41.5 Å². The highest BCUT2D eigenvalue weighted by molar-refractivity contribution is 6.54. The molecular formula is C12H27BN2. The Bertz CT molecular complexity index is 181. The van der Waals surface area contributed by atoms with Crippen molar-refractivity contribution in [2.24, 2.45) is 10.8 Å². The predicted molar refractivity (Wildman–Crippen MR) is 69.0 cm³/mol. The van der Waals surface area contributed by atoms with Crippen molar-refractivity contribution in [2.45, 2.75) is 60.3 Å². The zero-order valence-corrected chi connectivity index (χ0v) is 11.3. The van der Waals surface area contributed by atoms with E-state index in [1.807, 2.05) is 0 Å². The summed E-state index contributed by atoms with van der Waals surface area (Å²) in [6.45, 7) is 15.5. The predicted octanol–water partition coefficient (Wildman–Crippen LogP) is 2.52. The van der Waals surface area contributed by atoms with E-state index in [0.29, 0.717) is 23.9 Å². The minimum absolute atomic E-state index is 0.404. The molecule has 0 saturated carbocycles. The Kier molecular flexibility index (Phi) is 3.88. The van der Waals surface area contributed by atoms with Crippen LogP contribution in [0, 0.1) is 10.8 Å². The second-order valence-electron chi connectivity index (χ2n) is 7.35. The zero-order valence-electron chi connectivity index (χ0n) is 11.3. The lowest BCUT2D eigenvalue weighted by Crippen LogP contribution is -2.42. The van der Waals surface area contributed by atoms with Crippen molar-refractivity contribution in [1.82, 2.24) is 10.5 Å². The summed E-state index contributed by atoms with van der Waals surface area (Å²) in [5.41, 5.74) is 0.831. The average molecular weight is 210 g/mol. The maximum atomic E-state index is 3.69. The Morgan fingerprint density at radius 1 is 1.07 bits per heavy atom. The van der Waals surface area contributed by atoms with Gasteiger partial charge < -0.3 is 10.5 Å². The van der Waals surface area contributed by atoms with Gasteiger partial charge in [-0.05, 0) is 23.6 Å². The molecule has 0 aromatic heterocycles. The van der Waals surface area contributed by atoms with Crippen molar-refractivity contribution in [3.8, 4) is 0 Å². The molecule has 1 aliphatic rings. The molecule has 1 saturated heterocycles. The highest BCUT2D eigenvalue weighted by Gasteiger charge is 2.32. The first kappa shape index (κ1) is 13.1. The first-order chi connectivity index (χ1) is 6.66. The van der Waals surface area contributed by atoms with E-state index in [0.717, 1.165) is 6.54 Å². The van der Waals surface area contributed by atoms with E-state index in [-0.39, 0.29) is 0 Å². The Hall–Kier alpha value is -0.0151. The molecule has 0 aromatic carbocycles. The van der Waals surface area contributed by atoms with Crippen molar-refractivity contribution >= 4 is 6.98 Å². The van der Waals surface area contributed by atoms with Crippen LogP contribution in [0.25, 0.3) is 0 Å². The van der Waals surface area contributed by atoms with E-state index in [2.05, 4.69) is 52.0 Å². The van der Waals surface area contributed by atoms with E-state index in [9.17, 15) is 0 Å². The Morgan fingerprint density at radius 2 is 1.67 bits per heavy atom. The van der Waals surface area contributed by atoms with Gasteiger partial charge in [0.15, 0.2) is 0 Å². The molecule has 0 aliphatic carbocycles. The summed E-state index contributed by atoms with van der Waals surface area (Å²) in [5.74, 6) is 0. The van der Waals surface area contributed by atoms with E-state index < -0.39 is 0 Å². The van der Waals surface area contributed by atoms with Crippen LogP contribution in [0.1, 0.15) is 48.0 Å². The molecule has 1 fully saturated rings. The van der Waals surface area contributed by atoms with Gasteiger partial charge in [-0.3, -0.25) is 0 Å². The smallest absolute Gasteiger partial charge is 0.306 e. The van der Waals surface area contributed by atoms with E-state index in [1.165, 1.54) is 12.7 Å². The summed E-state index contributed by atoms with van der Waals surface area (Å²) < 4.78 is 0. The van der Waals surface area contributed by atoms with Crippen LogP contribution in [0.15, 0.2) is 0 Å². The highest BCUT2D eigenvalue weighted by atomic mass is 15.1. The van der Waals surface area contributed by atoms with Crippen LogP contribution >= 0.6 is 0 Å². The van der Waals surface area contributed by atoms with Crippen molar-refractivity contribution in [2.75, 3.05) is 6.54 Å². The molecule has 2 nitrogen and oxygen atoms in total. The second-order valence-corrected chi connectivity index (χ2v) is 7.35. The van der Waals surface area contributed by atoms with Crippen molar-refractivity contribution in [3.05, 3.63) is 0 Å². The monoisotopic (exact) mass is 210 g/mol. The Balaban J connectivity index is 2.33. The molecule has 1 aliphatic heterocycles. The largest absolute Gasteiger partial charge is 0.341 e. The molecule has 0 spiro atoms. The fraction of sp³-hybridized carbons (Fsp3) is 1.00. The molecule has 1 heterocycles. The lowest BCUT2D eigenvalue weighted by atomic mass is 9.64. The summed E-state index contributed by atoms with van der Waals surface area (Å²) in [4.78, 5) is 0. The average Bonchev–Trinajstić information content (AvgIpc) is 2.28. The van der Waals surface area contributed by atoms with Crippen LogP contribution in [0.3, 0.4) is 0 Å². The minimum atomic E-state index is 0.404. The number of hydrogen-bond acceptors (Lipinski definition) is 2. The first-order valence-electron chi connectivity index (χ1n) is 6.15. The number of nitrogens with one attached hydrogen (secondary N) is 2. The molecule has 0 aromatic rings. The zero-order chi connectivity index (χ0) is 11.7. The molecule has 0 radical (unpaired) electrons. The van der Waals surface area contributed by atoms with E-state index >= 15 is 0 Å². The van der Waals surface area contributed by atoms with Gasteiger partial charge in [0.05, 0.1) is 0 Å². The molecule has 0 bridgehead atoms. The molecule has 2 N–H and O–H groups in total. The summed E-state index contributed by atoms with van der Waals surface area (Å²) in [6, 6.07) is 0.650. The molecule has 0 amide bonds. The van der Waals surface area contributed by atoms with Crippen molar-refractivity contribution < 1.29 is 0 Å². The molecule has 1 rings (SSSR count). The van der Waals surface area contributed by atoms with Gasteiger partial charge in [-0.25, -0.2) is 0 Å². The molecular weight excluding hydrogens is 183 g/mol. The fourth-order valence-electron chi connectivity index (χ4n) is 2.30. The molecule has 15 heavy (non-hydrogen) atoms. The van der Waals surface area contributed by atoms with Gasteiger partial charge in [0.1, 0.15) is 0 Å². The SMILES string of the molecule is CC(C)(C)CB1NCC(CC(C)(C)C)N1. The third kappa shape index (κ3) is 5.57. The molecule has 88 valence electrons. The summed E-state index contributed by atoms with van der Waals surface area (Å²) in [6.07, 6.45) is 2.45. The van der Waals surface area contributed by atoms with Gasteiger partial charge in [-0.15, -0.1) is 0 Å². The van der Waals surface area contributed by atoms with Gasteiger partial charge in [-0.2, -0.15) is 0 Å². The maximum Gasteiger partial charge on any atom is 0.306 e. The van der Waals surface area contributed by atoms with Crippen molar-refractivity contribution in [1.29, 1.82) is 0 Å². The quantitative estimate of drug-likeness (QED) is 0.684. The molecule has 1 atom stereocenters. The van der Waals surface area contributed by atoms with Crippen molar-refractivity contribution in [3.63, 3.8) is 0 Å². The molecule has 3 heteroatoms. The maximum absolute atomic E-state index is 3.69. The third-order valence-electron chi connectivity index (χ3n) is 2.72. The van der Waals surface area contributed by atoms with Crippen LogP contribution in [0.2, 0.25) is 6.32 Å². The number of rotatable bonds is 2. The van der Waals surface area contributed by atoms with Crippen LogP contribution in [-0.2, 0) is 0 Å². The lowest BCUT2D eigenvalue weighted by Gasteiger charge is -2.24. The van der Waals surface area contributed by atoms with Gasteiger partial charge in [0.25, 0.3) is 0 Å². The van der Waals surface area contributed by atoms with E-state index in [1.54, 1.807) is 0 Å². The minimum Gasteiger partial charge on any atom is -0.341 e. The third-order valence-corrected chi connectivity index (χ3v) is 2.72. The first-order valence-corrected chi connectivity index (χ1v) is 6.15. The highest BCUT2D eigenvalue weighted by Crippen LogP contribution is 2.24. The van der Waals surface area contributed by atoms with Crippen LogP contribution in [0.5, 0.6) is 0 Å². The fourth-order valence-corrected chi connectivity index (χ4v) is 2.30. The van der Waals surface area contributed by atoms with Crippen LogP contribution in [0.4, 0.5) is 0 Å². The van der Waals surface area contributed by atoms with Gasteiger partial charge >= 0.3 is 6.98 Å². The topological polar surface area (TPSA) is 24.1 Å². The van der Waals surface area contributed by atoms with E-state index in [4.69, 9.17) is 0 Å². The van der Waals surface area contributed by atoms with Crippen LogP contribution in [-0.4, -0.2) is 19.6 Å². The molecule has 1 unspecified atom stereocenters. The number of hydrogen-bond donors (Lipinski definition) is 2. The van der Waals surface area contributed by atoms with Gasteiger partial charge in [0.2, 0.25) is 0 Å². The summed E-state index contributed by atoms with van der Waals surface area (Å²) in [5, 5.41) is 7.27. The summed E-state index contributed by atoms with van der Waals surface area (Å²) in [7, 11) is 0. The Morgan fingerprint density at radius 3 is 2.13 bits per heavy atom. The lowest BCUT2D eigenvalue weighted by molar-refractivity contribution is 0.336. The normalized spacial score (nSPS) is 23.6. The Labute approximate surface area is 95.7 Å². The second kappa shape index (κ2) is 4.46.